The van der Waals surface area contributed by atoms with Crippen LogP contribution in [0.3, 0.4) is 0 Å². The molecule has 17 heavy (non-hydrogen) atoms. The van der Waals surface area contributed by atoms with Gasteiger partial charge in [-0.05, 0) is 17.7 Å². The van der Waals surface area contributed by atoms with Crippen LogP contribution in [0.4, 0.5) is 13.2 Å². The molecule has 3 N–H and O–H groups in total. The van der Waals surface area contributed by atoms with Crippen molar-refractivity contribution >= 4 is 5.91 Å². The first-order chi connectivity index (χ1) is 7.89. The molecule has 94 valence electrons. The van der Waals surface area contributed by atoms with E-state index >= 15 is 0 Å². The number of hydrogen-bond donors (Lipinski definition) is 2. The molecule has 0 aliphatic rings. The lowest BCUT2D eigenvalue weighted by Crippen LogP contribution is -2.21. The van der Waals surface area contributed by atoms with Crippen molar-refractivity contribution in [2.45, 2.75) is 19.1 Å². The molecule has 0 aromatic heterocycles. The molecule has 0 aliphatic heterocycles. The van der Waals surface area contributed by atoms with E-state index in [4.69, 9.17) is 5.73 Å². The van der Waals surface area contributed by atoms with Crippen LogP contribution < -0.4 is 11.1 Å². The Hall–Kier alpha value is -1.56. The molecule has 0 spiro atoms. The van der Waals surface area contributed by atoms with Crippen molar-refractivity contribution in [1.82, 2.24) is 5.32 Å². The van der Waals surface area contributed by atoms with Gasteiger partial charge in [0.1, 0.15) is 0 Å². The summed E-state index contributed by atoms with van der Waals surface area (Å²) < 4.78 is 36.7. The van der Waals surface area contributed by atoms with Crippen LogP contribution >= 0.6 is 0 Å². The normalized spacial score (nSPS) is 11.5. The van der Waals surface area contributed by atoms with Crippen molar-refractivity contribution < 1.29 is 18.0 Å². The Morgan fingerprint density at radius 2 is 1.82 bits per heavy atom. The molecule has 0 saturated heterocycles. The average Bonchev–Trinajstić information content (AvgIpc) is 2.23. The summed E-state index contributed by atoms with van der Waals surface area (Å²) in [6.45, 7) is 0.821. The fourth-order valence-electron chi connectivity index (χ4n) is 1.26. The Morgan fingerprint density at radius 1 is 1.24 bits per heavy atom. The summed E-state index contributed by atoms with van der Waals surface area (Å²) in [4.78, 5) is 10.4. The lowest BCUT2D eigenvalue weighted by Gasteiger charge is -2.08. The number of halogens is 3. The van der Waals surface area contributed by atoms with Gasteiger partial charge < -0.3 is 11.1 Å². The second-order valence-electron chi connectivity index (χ2n) is 3.59. The third-order valence-corrected chi connectivity index (χ3v) is 2.16. The van der Waals surface area contributed by atoms with Gasteiger partial charge in [-0.1, -0.05) is 12.1 Å². The molecule has 1 rings (SSSR count). The van der Waals surface area contributed by atoms with E-state index in [1.807, 2.05) is 0 Å². The molecule has 0 atom stereocenters. The minimum Gasteiger partial charge on any atom is -0.370 e. The molecule has 3 nitrogen and oxygen atoms in total. The molecule has 1 aromatic rings. The number of carbonyl (C=O) groups is 1. The topological polar surface area (TPSA) is 55.1 Å². The minimum atomic E-state index is -4.31. The van der Waals surface area contributed by atoms with E-state index < -0.39 is 17.6 Å². The van der Waals surface area contributed by atoms with Gasteiger partial charge in [0.05, 0.1) is 5.56 Å². The summed E-state index contributed by atoms with van der Waals surface area (Å²) in [5.74, 6) is -0.412. The summed E-state index contributed by atoms with van der Waals surface area (Å²) in [7, 11) is 0. The lowest BCUT2D eigenvalue weighted by atomic mass is 10.1. The van der Waals surface area contributed by atoms with Crippen LogP contribution in [0.1, 0.15) is 17.5 Å². The van der Waals surface area contributed by atoms with E-state index in [-0.39, 0.29) is 6.42 Å². The Kier molecular flexibility index (Phi) is 4.51. The number of hydrogen-bond acceptors (Lipinski definition) is 2. The van der Waals surface area contributed by atoms with E-state index in [0.717, 1.165) is 17.7 Å². The van der Waals surface area contributed by atoms with Gasteiger partial charge in [0.25, 0.3) is 0 Å². The van der Waals surface area contributed by atoms with Crippen LogP contribution in [0.15, 0.2) is 24.3 Å². The third-order valence-electron chi connectivity index (χ3n) is 2.16. The summed E-state index contributed by atoms with van der Waals surface area (Å²) >= 11 is 0. The van der Waals surface area contributed by atoms with Crippen molar-refractivity contribution in [2.24, 2.45) is 5.73 Å². The van der Waals surface area contributed by atoms with Gasteiger partial charge in [-0.15, -0.1) is 0 Å². The highest BCUT2D eigenvalue weighted by atomic mass is 19.4. The number of carbonyl (C=O) groups excluding carboxylic acids is 1. The predicted octanol–water partition coefficient (Wildman–Crippen LogP) is 1.67. The van der Waals surface area contributed by atoms with Gasteiger partial charge >= 0.3 is 6.18 Å². The van der Waals surface area contributed by atoms with Crippen molar-refractivity contribution in [3.63, 3.8) is 0 Å². The van der Waals surface area contributed by atoms with Gasteiger partial charge in [-0.3, -0.25) is 4.79 Å². The molecule has 0 bridgehead atoms. The zero-order valence-corrected chi connectivity index (χ0v) is 9.05. The summed E-state index contributed by atoms with van der Waals surface area (Å²) in [5.41, 5.74) is 4.99. The zero-order valence-electron chi connectivity index (χ0n) is 9.05. The van der Waals surface area contributed by atoms with Gasteiger partial charge in [0, 0.05) is 19.5 Å². The quantitative estimate of drug-likeness (QED) is 0.776. The summed E-state index contributed by atoms with van der Waals surface area (Å²) in [5, 5.41) is 2.91. The van der Waals surface area contributed by atoms with Gasteiger partial charge in [0.15, 0.2) is 0 Å². The highest BCUT2D eigenvalue weighted by Gasteiger charge is 2.29. The molecule has 0 fully saturated rings. The monoisotopic (exact) mass is 246 g/mol. The fraction of sp³-hybridized carbons (Fsp3) is 0.364. The predicted molar refractivity (Wildman–Crippen MR) is 57.0 cm³/mol. The third kappa shape index (κ3) is 4.86. The average molecular weight is 246 g/mol. The number of amides is 1. The number of rotatable bonds is 5. The Bertz CT molecular complexity index is 373. The van der Waals surface area contributed by atoms with E-state index in [0.29, 0.717) is 13.1 Å². The van der Waals surface area contributed by atoms with Crippen LogP contribution in [0, 0.1) is 0 Å². The van der Waals surface area contributed by atoms with Crippen LogP contribution in [0.5, 0.6) is 0 Å². The first kappa shape index (κ1) is 13.5. The van der Waals surface area contributed by atoms with E-state index in [1.54, 1.807) is 0 Å². The molecule has 0 unspecified atom stereocenters. The van der Waals surface area contributed by atoms with Gasteiger partial charge in [-0.25, -0.2) is 0 Å². The van der Waals surface area contributed by atoms with Gasteiger partial charge in [-0.2, -0.15) is 13.2 Å². The largest absolute Gasteiger partial charge is 0.416 e. The smallest absolute Gasteiger partial charge is 0.370 e. The number of primary amides is 1. The minimum absolute atomic E-state index is 0.209. The van der Waals surface area contributed by atoms with Crippen molar-refractivity contribution in [3.05, 3.63) is 35.4 Å². The molecular formula is C11H13F3N2O. The number of nitrogens with one attached hydrogen (secondary N) is 1. The highest BCUT2D eigenvalue weighted by molar-refractivity contribution is 5.73. The molecule has 0 heterocycles. The number of nitrogens with two attached hydrogens (primary N) is 1. The fourth-order valence-corrected chi connectivity index (χ4v) is 1.26. The van der Waals surface area contributed by atoms with E-state index in [2.05, 4.69) is 5.32 Å². The molecule has 0 saturated carbocycles. The second-order valence-corrected chi connectivity index (χ2v) is 3.59. The highest BCUT2D eigenvalue weighted by Crippen LogP contribution is 2.28. The molecular weight excluding hydrogens is 233 g/mol. The summed E-state index contributed by atoms with van der Waals surface area (Å²) in [6.07, 6.45) is -4.10. The molecule has 0 radical (unpaired) electrons. The molecule has 0 aliphatic carbocycles. The van der Waals surface area contributed by atoms with Crippen LogP contribution in [-0.4, -0.2) is 12.5 Å². The standard InChI is InChI=1S/C11H13F3N2O/c12-11(13,14)9-3-1-8(2-4-9)7-16-6-5-10(15)17/h1-4,16H,5-7H2,(H2,15,17). The Balaban J connectivity index is 2.43. The number of alkyl halides is 3. The van der Waals surface area contributed by atoms with Crippen LogP contribution in [0.2, 0.25) is 0 Å². The van der Waals surface area contributed by atoms with Crippen molar-refractivity contribution in [2.75, 3.05) is 6.54 Å². The maximum absolute atomic E-state index is 12.2. The Morgan fingerprint density at radius 3 is 2.29 bits per heavy atom. The van der Waals surface area contributed by atoms with Crippen molar-refractivity contribution in [1.29, 1.82) is 0 Å². The van der Waals surface area contributed by atoms with Crippen molar-refractivity contribution in [3.8, 4) is 0 Å². The van der Waals surface area contributed by atoms with Crippen LogP contribution in [-0.2, 0) is 17.5 Å². The van der Waals surface area contributed by atoms with Gasteiger partial charge in [0.2, 0.25) is 5.91 Å². The maximum Gasteiger partial charge on any atom is 0.416 e. The molecule has 6 heteroatoms. The maximum atomic E-state index is 12.2. The van der Waals surface area contributed by atoms with E-state index in [1.165, 1.54) is 12.1 Å². The lowest BCUT2D eigenvalue weighted by molar-refractivity contribution is -0.137. The van der Waals surface area contributed by atoms with Crippen LogP contribution in [0.25, 0.3) is 0 Å². The van der Waals surface area contributed by atoms with E-state index in [9.17, 15) is 18.0 Å². The zero-order chi connectivity index (χ0) is 12.9. The molecule has 1 amide bonds. The molecule has 1 aromatic carbocycles. The number of benzene rings is 1. The first-order valence-corrected chi connectivity index (χ1v) is 5.05. The second kappa shape index (κ2) is 5.67. The SMILES string of the molecule is NC(=O)CCNCc1ccc(C(F)(F)F)cc1. The first-order valence-electron chi connectivity index (χ1n) is 5.05. The Labute approximate surface area is 96.8 Å². The summed E-state index contributed by atoms with van der Waals surface area (Å²) in [6, 6.07) is 4.87.